The van der Waals surface area contributed by atoms with Crippen LogP contribution in [0.3, 0.4) is 0 Å². The average molecular weight is 452 g/mol. The highest BCUT2D eigenvalue weighted by molar-refractivity contribution is 9.09. The van der Waals surface area contributed by atoms with Crippen molar-refractivity contribution in [1.29, 1.82) is 0 Å². The van der Waals surface area contributed by atoms with Crippen LogP contribution in [0.4, 0.5) is 4.79 Å². The second kappa shape index (κ2) is 11.2. The van der Waals surface area contributed by atoms with Crippen LogP contribution in [0.15, 0.2) is 48.5 Å². The minimum atomic E-state index is -0.963. The Morgan fingerprint density at radius 2 is 1.86 bits per heavy atom. The van der Waals surface area contributed by atoms with E-state index < -0.39 is 18.1 Å². The van der Waals surface area contributed by atoms with Gasteiger partial charge in [0.1, 0.15) is 19.3 Å². The van der Waals surface area contributed by atoms with Gasteiger partial charge in [-0.3, -0.25) is 0 Å². The van der Waals surface area contributed by atoms with Crippen molar-refractivity contribution >= 4 is 28.0 Å². The number of alkyl halides is 1. The van der Waals surface area contributed by atoms with Crippen molar-refractivity contribution in [2.75, 3.05) is 19.0 Å². The van der Waals surface area contributed by atoms with Crippen LogP contribution in [-0.2, 0) is 27.3 Å². The molecule has 0 fully saturated rings. The Morgan fingerprint density at radius 1 is 1.11 bits per heavy atom. The standard InChI is InChI=1S/C20H22BrNO6/c1-26-18-8-7-15(12-17(18)23)11-16(19(24)27-10-9-21)22-20(25)28-13-14-5-3-2-4-6-14/h2-8,12,16,23H,9-11,13H2,1H3,(H,22,25)/t16-/m0/s1. The molecule has 2 aromatic rings. The normalized spacial score (nSPS) is 11.4. The van der Waals surface area contributed by atoms with Crippen LogP contribution in [0.25, 0.3) is 0 Å². The topological polar surface area (TPSA) is 94.1 Å². The first-order valence-corrected chi connectivity index (χ1v) is 9.71. The van der Waals surface area contributed by atoms with E-state index in [4.69, 9.17) is 14.2 Å². The molecule has 2 rings (SSSR count). The Bertz CT molecular complexity index is 784. The van der Waals surface area contributed by atoms with E-state index >= 15 is 0 Å². The Balaban J connectivity index is 2.02. The first-order chi connectivity index (χ1) is 13.5. The second-order valence-corrected chi connectivity index (χ2v) is 6.62. The van der Waals surface area contributed by atoms with Crippen molar-refractivity contribution in [3.05, 3.63) is 59.7 Å². The third kappa shape index (κ3) is 6.77. The van der Waals surface area contributed by atoms with Crippen LogP contribution in [0.5, 0.6) is 11.5 Å². The van der Waals surface area contributed by atoms with Gasteiger partial charge in [-0.05, 0) is 23.3 Å². The highest BCUT2D eigenvalue weighted by atomic mass is 79.9. The number of nitrogens with one attached hydrogen (secondary N) is 1. The molecule has 8 heteroatoms. The molecule has 0 aliphatic rings. The number of carbonyl (C=O) groups excluding carboxylic acids is 2. The smallest absolute Gasteiger partial charge is 0.408 e. The van der Waals surface area contributed by atoms with Gasteiger partial charge in [0.2, 0.25) is 0 Å². The van der Waals surface area contributed by atoms with E-state index in [9.17, 15) is 14.7 Å². The number of aromatic hydroxyl groups is 1. The molecule has 28 heavy (non-hydrogen) atoms. The van der Waals surface area contributed by atoms with Crippen LogP contribution >= 0.6 is 15.9 Å². The lowest BCUT2D eigenvalue weighted by atomic mass is 10.1. The first-order valence-electron chi connectivity index (χ1n) is 8.59. The molecule has 0 aliphatic carbocycles. The van der Waals surface area contributed by atoms with E-state index in [1.165, 1.54) is 13.2 Å². The maximum Gasteiger partial charge on any atom is 0.408 e. The molecule has 0 radical (unpaired) electrons. The fraction of sp³-hybridized carbons (Fsp3) is 0.300. The van der Waals surface area contributed by atoms with Gasteiger partial charge in [-0.25, -0.2) is 9.59 Å². The molecule has 1 amide bonds. The summed E-state index contributed by atoms with van der Waals surface area (Å²) in [5, 5.41) is 12.9. The van der Waals surface area contributed by atoms with Gasteiger partial charge in [0.05, 0.1) is 7.11 Å². The van der Waals surface area contributed by atoms with Crippen LogP contribution in [0.1, 0.15) is 11.1 Å². The minimum absolute atomic E-state index is 0.0563. The minimum Gasteiger partial charge on any atom is -0.504 e. The highest BCUT2D eigenvalue weighted by Crippen LogP contribution is 2.26. The van der Waals surface area contributed by atoms with Crippen molar-refractivity contribution in [3.63, 3.8) is 0 Å². The van der Waals surface area contributed by atoms with Gasteiger partial charge in [-0.15, -0.1) is 0 Å². The molecule has 0 heterocycles. The predicted octanol–water partition coefficient (Wildman–Crippen LogP) is 3.18. The van der Waals surface area contributed by atoms with Crippen LogP contribution in [-0.4, -0.2) is 42.3 Å². The van der Waals surface area contributed by atoms with Crippen molar-refractivity contribution in [3.8, 4) is 11.5 Å². The number of esters is 1. The van der Waals surface area contributed by atoms with E-state index in [0.29, 0.717) is 16.6 Å². The fourth-order valence-electron chi connectivity index (χ4n) is 2.44. The number of amides is 1. The van der Waals surface area contributed by atoms with Crippen molar-refractivity contribution in [2.24, 2.45) is 0 Å². The second-order valence-electron chi connectivity index (χ2n) is 5.83. The molecule has 0 aliphatic heterocycles. The van der Waals surface area contributed by atoms with Gasteiger partial charge in [0.25, 0.3) is 0 Å². The molecular formula is C20H22BrNO6. The number of methoxy groups -OCH3 is 1. The lowest BCUT2D eigenvalue weighted by Gasteiger charge is -2.18. The Hall–Kier alpha value is -2.74. The van der Waals surface area contributed by atoms with Crippen LogP contribution < -0.4 is 10.1 Å². The van der Waals surface area contributed by atoms with Gasteiger partial charge in [-0.2, -0.15) is 0 Å². The lowest BCUT2D eigenvalue weighted by Crippen LogP contribution is -2.43. The lowest BCUT2D eigenvalue weighted by molar-refractivity contribution is -0.145. The van der Waals surface area contributed by atoms with Gasteiger partial charge in [0, 0.05) is 11.8 Å². The number of hydrogen-bond donors (Lipinski definition) is 2. The number of hydrogen-bond acceptors (Lipinski definition) is 6. The van der Waals surface area contributed by atoms with E-state index in [-0.39, 0.29) is 25.4 Å². The average Bonchev–Trinajstić information content (AvgIpc) is 2.71. The number of carbonyl (C=O) groups is 2. The summed E-state index contributed by atoms with van der Waals surface area (Å²) in [6.07, 6.45) is -0.610. The van der Waals surface area contributed by atoms with E-state index in [0.717, 1.165) is 5.56 Å². The summed E-state index contributed by atoms with van der Waals surface area (Å²) >= 11 is 3.18. The number of benzene rings is 2. The zero-order valence-electron chi connectivity index (χ0n) is 15.4. The van der Waals surface area contributed by atoms with Crippen LogP contribution in [0.2, 0.25) is 0 Å². The quantitative estimate of drug-likeness (QED) is 0.449. The first kappa shape index (κ1) is 21.6. The van der Waals surface area contributed by atoms with E-state index in [1.54, 1.807) is 12.1 Å². The van der Waals surface area contributed by atoms with Gasteiger partial charge in [0.15, 0.2) is 11.5 Å². The predicted molar refractivity (Wildman–Crippen MR) is 107 cm³/mol. The summed E-state index contributed by atoms with van der Waals surface area (Å²) in [6.45, 7) is 0.253. The van der Waals surface area contributed by atoms with E-state index in [1.807, 2.05) is 30.3 Å². The zero-order valence-corrected chi connectivity index (χ0v) is 17.0. The summed E-state index contributed by atoms with van der Waals surface area (Å²) < 4.78 is 15.3. The number of phenolic OH excluding ortho intramolecular Hbond substituents is 1. The molecule has 2 N–H and O–H groups in total. The maximum absolute atomic E-state index is 12.3. The van der Waals surface area contributed by atoms with Crippen molar-refractivity contribution in [2.45, 2.75) is 19.1 Å². The summed E-state index contributed by atoms with van der Waals surface area (Å²) in [5.41, 5.74) is 1.46. The fourth-order valence-corrected chi connectivity index (χ4v) is 2.60. The maximum atomic E-state index is 12.3. The molecule has 0 saturated carbocycles. The molecule has 0 saturated heterocycles. The molecule has 0 spiro atoms. The zero-order chi connectivity index (χ0) is 20.4. The SMILES string of the molecule is COc1ccc(C[C@H](NC(=O)OCc2ccccc2)C(=O)OCCBr)cc1O. The summed E-state index contributed by atoms with van der Waals surface area (Å²) in [7, 11) is 1.44. The molecule has 2 aromatic carbocycles. The van der Waals surface area contributed by atoms with Crippen molar-refractivity contribution < 1.29 is 28.9 Å². The molecule has 1 atom stereocenters. The summed E-state index contributed by atoms with van der Waals surface area (Å²) in [4.78, 5) is 24.5. The monoisotopic (exact) mass is 451 g/mol. The Labute approximate surface area is 171 Å². The molecular weight excluding hydrogens is 430 g/mol. The highest BCUT2D eigenvalue weighted by Gasteiger charge is 2.24. The molecule has 150 valence electrons. The third-order valence-corrected chi connectivity index (χ3v) is 4.12. The number of ether oxygens (including phenoxy) is 3. The number of alkyl carbamates (subject to hydrolysis) is 1. The third-order valence-electron chi connectivity index (χ3n) is 3.79. The molecule has 7 nitrogen and oxygen atoms in total. The Morgan fingerprint density at radius 3 is 2.50 bits per heavy atom. The van der Waals surface area contributed by atoms with Gasteiger partial charge < -0.3 is 24.6 Å². The van der Waals surface area contributed by atoms with Gasteiger partial charge in [-0.1, -0.05) is 52.3 Å². The van der Waals surface area contributed by atoms with Crippen molar-refractivity contribution in [1.82, 2.24) is 5.32 Å². The van der Waals surface area contributed by atoms with E-state index in [2.05, 4.69) is 21.2 Å². The van der Waals surface area contributed by atoms with Crippen LogP contribution in [0, 0.1) is 0 Å². The largest absolute Gasteiger partial charge is 0.504 e. The summed E-state index contributed by atoms with van der Waals surface area (Å²) in [5.74, 6) is -0.331. The summed E-state index contributed by atoms with van der Waals surface area (Å²) in [6, 6.07) is 13.0. The number of rotatable bonds is 9. The number of phenols is 1. The number of halogens is 1. The Kier molecular flexibility index (Phi) is 8.61. The molecule has 0 aromatic heterocycles. The molecule has 0 unspecified atom stereocenters. The van der Waals surface area contributed by atoms with Gasteiger partial charge >= 0.3 is 12.1 Å². The molecule has 0 bridgehead atoms.